The van der Waals surface area contributed by atoms with E-state index in [4.69, 9.17) is 15.3 Å². The van der Waals surface area contributed by atoms with Crippen molar-refractivity contribution in [1.29, 1.82) is 0 Å². The van der Waals surface area contributed by atoms with Crippen molar-refractivity contribution in [3.63, 3.8) is 0 Å². The highest BCUT2D eigenvalue weighted by Crippen LogP contribution is 2.18. The van der Waals surface area contributed by atoms with Crippen LogP contribution in [0.3, 0.4) is 0 Å². The Morgan fingerprint density at radius 2 is 1.46 bits per heavy atom. The maximum atomic E-state index is 11.2. The van der Waals surface area contributed by atoms with Gasteiger partial charge in [-0.1, -0.05) is 20.8 Å². The minimum Gasteiger partial charge on any atom is -0.479 e. The van der Waals surface area contributed by atoms with Crippen LogP contribution in [-0.4, -0.2) is 39.3 Å². The Morgan fingerprint density at radius 1 is 1.08 bits per heavy atom. The third-order valence-electron chi connectivity index (χ3n) is 1.56. The maximum Gasteiger partial charge on any atom is 0.335 e. The van der Waals surface area contributed by atoms with Gasteiger partial charge in [0.15, 0.2) is 11.9 Å². The highest BCUT2D eigenvalue weighted by atomic mass is 16.4. The number of hydrogen-bond donors (Lipinski definition) is 3. The fourth-order valence-electron chi connectivity index (χ4n) is 0.722. The van der Waals surface area contributed by atoms with Gasteiger partial charge in [-0.2, -0.15) is 0 Å². The van der Waals surface area contributed by atoms with Gasteiger partial charge in [0.25, 0.3) is 0 Å². The predicted octanol–water partition coefficient (Wildman–Crippen LogP) is -0.592. The van der Waals surface area contributed by atoms with Crippen molar-refractivity contribution in [3.05, 3.63) is 0 Å². The van der Waals surface area contributed by atoms with Crippen LogP contribution in [0, 0.1) is 5.41 Å². The Kier molecular flexibility index (Phi) is 3.57. The van der Waals surface area contributed by atoms with Crippen LogP contribution in [0.15, 0.2) is 0 Å². The van der Waals surface area contributed by atoms with Crippen LogP contribution in [0.4, 0.5) is 0 Å². The van der Waals surface area contributed by atoms with Crippen LogP contribution < -0.4 is 0 Å². The molecule has 2 atom stereocenters. The Balaban J connectivity index is 4.53. The monoisotopic (exact) mass is 190 g/mol. The van der Waals surface area contributed by atoms with Crippen LogP contribution in [-0.2, 0) is 9.59 Å². The molecule has 0 radical (unpaired) electrons. The number of hydrogen-bond acceptors (Lipinski definition) is 4. The van der Waals surface area contributed by atoms with Gasteiger partial charge in [0.1, 0.15) is 6.10 Å². The van der Waals surface area contributed by atoms with Gasteiger partial charge in [0, 0.05) is 5.41 Å². The minimum atomic E-state index is -2.05. The van der Waals surface area contributed by atoms with E-state index >= 15 is 0 Å². The zero-order chi connectivity index (χ0) is 10.8. The quantitative estimate of drug-likeness (QED) is 0.552. The van der Waals surface area contributed by atoms with Gasteiger partial charge in [-0.3, -0.25) is 4.79 Å². The number of Topliss-reactive ketones (excluding diaryl/α,β-unsaturated/α-hetero) is 1. The molecule has 0 fully saturated rings. The molecule has 0 amide bonds. The maximum absolute atomic E-state index is 11.2. The second-order valence-electron chi connectivity index (χ2n) is 3.84. The number of carbonyl (C=O) groups excluding carboxylic acids is 1. The number of ketones is 1. The standard InChI is InChI=1S/C8H14O5/c1-8(2,3)6(11)4(9)5(10)7(12)13/h4-5,9-10H,1-3H3,(H,12,13). The van der Waals surface area contributed by atoms with Crippen molar-refractivity contribution in [2.24, 2.45) is 5.41 Å². The number of aliphatic hydroxyl groups excluding tert-OH is 2. The molecule has 0 saturated heterocycles. The summed E-state index contributed by atoms with van der Waals surface area (Å²) >= 11 is 0. The first-order chi connectivity index (χ1) is 5.68. The molecule has 0 saturated carbocycles. The summed E-state index contributed by atoms with van der Waals surface area (Å²) in [5.74, 6) is -2.30. The lowest BCUT2D eigenvalue weighted by Gasteiger charge is -2.22. The predicted molar refractivity (Wildman–Crippen MR) is 44.1 cm³/mol. The van der Waals surface area contributed by atoms with E-state index in [1.807, 2.05) is 0 Å². The van der Waals surface area contributed by atoms with Crippen molar-refractivity contribution in [1.82, 2.24) is 0 Å². The van der Waals surface area contributed by atoms with Gasteiger partial charge in [-0.15, -0.1) is 0 Å². The van der Waals surface area contributed by atoms with Crippen molar-refractivity contribution in [3.8, 4) is 0 Å². The summed E-state index contributed by atoms with van der Waals surface area (Å²) < 4.78 is 0. The van der Waals surface area contributed by atoms with Gasteiger partial charge >= 0.3 is 5.97 Å². The van der Waals surface area contributed by atoms with Gasteiger partial charge < -0.3 is 15.3 Å². The molecule has 0 aliphatic rings. The van der Waals surface area contributed by atoms with Crippen molar-refractivity contribution < 1.29 is 24.9 Å². The zero-order valence-corrected chi connectivity index (χ0v) is 7.81. The second-order valence-corrected chi connectivity index (χ2v) is 3.84. The molecule has 0 aromatic carbocycles. The van der Waals surface area contributed by atoms with Gasteiger partial charge in [-0.05, 0) is 0 Å². The first kappa shape index (κ1) is 12.1. The van der Waals surface area contributed by atoms with Crippen LogP contribution in [0.1, 0.15) is 20.8 Å². The van der Waals surface area contributed by atoms with Crippen LogP contribution >= 0.6 is 0 Å². The summed E-state index contributed by atoms with van der Waals surface area (Å²) in [7, 11) is 0. The van der Waals surface area contributed by atoms with Gasteiger partial charge in [-0.25, -0.2) is 4.79 Å². The summed E-state index contributed by atoms with van der Waals surface area (Å²) in [6.45, 7) is 4.60. The van der Waals surface area contributed by atoms with Crippen molar-refractivity contribution >= 4 is 11.8 Å². The lowest BCUT2D eigenvalue weighted by molar-refractivity contribution is -0.160. The second kappa shape index (κ2) is 3.85. The van der Waals surface area contributed by atoms with Crippen LogP contribution in [0.5, 0.6) is 0 Å². The highest BCUT2D eigenvalue weighted by molar-refractivity contribution is 5.92. The number of rotatable bonds is 3. The molecule has 0 heterocycles. The molecule has 2 unspecified atom stereocenters. The lowest BCUT2D eigenvalue weighted by atomic mass is 9.86. The number of aliphatic hydroxyl groups is 2. The summed E-state index contributed by atoms with van der Waals surface area (Å²) in [6.07, 6.45) is -3.91. The zero-order valence-electron chi connectivity index (χ0n) is 7.81. The third-order valence-corrected chi connectivity index (χ3v) is 1.56. The molecule has 0 bridgehead atoms. The summed E-state index contributed by atoms with van der Waals surface area (Å²) in [5, 5.41) is 26.3. The van der Waals surface area contributed by atoms with Crippen molar-refractivity contribution in [2.75, 3.05) is 0 Å². The Bertz CT molecular complexity index is 215. The fraction of sp³-hybridized carbons (Fsp3) is 0.750. The Hall–Kier alpha value is -0.940. The molecule has 76 valence electrons. The number of carbonyl (C=O) groups is 2. The fourth-order valence-corrected chi connectivity index (χ4v) is 0.722. The van der Waals surface area contributed by atoms with Gasteiger partial charge in [0.05, 0.1) is 0 Å². The molecule has 0 aliphatic carbocycles. The average Bonchev–Trinajstić information content (AvgIpc) is 1.98. The molecule has 0 aliphatic heterocycles. The van der Waals surface area contributed by atoms with E-state index in [1.54, 1.807) is 0 Å². The smallest absolute Gasteiger partial charge is 0.335 e. The molecular formula is C8H14O5. The van der Waals surface area contributed by atoms with E-state index in [-0.39, 0.29) is 0 Å². The molecule has 0 aromatic rings. The Labute approximate surface area is 76.0 Å². The lowest BCUT2D eigenvalue weighted by Crippen LogP contribution is -2.44. The van der Waals surface area contributed by atoms with Gasteiger partial charge in [0.2, 0.25) is 0 Å². The molecule has 5 heteroatoms. The summed E-state index contributed by atoms with van der Waals surface area (Å²) in [4.78, 5) is 21.4. The summed E-state index contributed by atoms with van der Waals surface area (Å²) in [5.41, 5.74) is -0.865. The average molecular weight is 190 g/mol. The number of aliphatic carboxylic acids is 1. The number of carboxylic acids is 1. The van der Waals surface area contributed by atoms with E-state index < -0.39 is 29.4 Å². The van der Waals surface area contributed by atoms with Crippen molar-refractivity contribution in [2.45, 2.75) is 33.0 Å². The molecule has 13 heavy (non-hydrogen) atoms. The van der Waals surface area contributed by atoms with E-state index in [0.29, 0.717) is 0 Å². The van der Waals surface area contributed by atoms with E-state index in [1.165, 1.54) is 20.8 Å². The number of carboxylic acid groups (broad SMARTS) is 1. The first-order valence-electron chi connectivity index (χ1n) is 3.81. The van der Waals surface area contributed by atoms with E-state index in [2.05, 4.69) is 0 Å². The van der Waals surface area contributed by atoms with Crippen LogP contribution in [0.25, 0.3) is 0 Å². The van der Waals surface area contributed by atoms with E-state index in [0.717, 1.165) is 0 Å². The van der Waals surface area contributed by atoms with E-state index in [9.17, 15) is 9.59 Å². The molecular weight excluding hydrogens is 176 g/mol. The highest BCUT2D eigenvalue weighted by Gasteiger charge is 2.36. The molecule has 3 N–H and O–H groups in total. The normalized spacial score (nSPS) is 16.4. The molecule has 0 spiro atoms. The third kappa shape index (κ3) is 3.12. The topological polar surface area (TPSA) is 94.8 Å². The minimum absolute atomic E-state index is 0.692. The van der Waals surface area contributed by atoms with Crippen LogP contribution in [0.2, 0.25) is 0 Å². The molecule has 0 aromatic heterocycles. The first-order valence-corrected chi connectivity index (χ1v) is 3.81. The SMILES string of the molecule is CC(C)(C)C(=O)C(O)C(O)C(=O)O. The Morgan fingerprint density at radius 3 is 1.69 bits per heavy atom. The molecule has 0 rings (SSSR count). The largest absolute Gasteiger partial charge is 0.479 e. The summed E-state index contributed by atoms with van der Waals surface area (Å²) in [6, 6.07) is 0. The molecule has 5 nitrogen and oxygen atoms in total.